The minimum absolute atomic E-state index is 0.00962. The lowest BCUT2D eigenvalue weighted by Crippen LogP contribution is -2.37. The second-order valence-corrected chi connectivity index (χ2v) is 7.23. The van der Waals surface area contributed by atoms with Crippen LogP contribution in [0.15, 0.2) is 54.6 Å². The fourth-order valence-corrected chi connectivity index (χ4v) is 2.33. The van der Waals surface area contributed by atoms with Crippen LogP contribution in [0.5, 0.6) is 5.75 Å². The van der Waals surface area contributed by atoms with Gasteiger partial charge in [0.1, 0.15) is 5.75 Å². The van der Waals surface area contributed by atoms with Gasteiger partial charge in [-0.15, -0.1) is 0 Å². The average Bonchev–Trinajstić information content (AvgIpc) is 2.60. The van der Waals surface area contributed by atoms with Gasteiger partial charge in [-0.1, -0.05) is 51.1 Å². The van der Waals surface area contributed by atoms with E-state index in [1.54, 1.807) is 19.2 Å². The van der Waals surface area contributed by atoms with Gasteiger partial charge in [0.15, 0.2) is 6.61 Å². The quantitative estimate of drug-likeness (QED) is 0.864. The SMILES string of the molecule is CN(CC(=O)Nc1ccccc1)C(=O)COc1cccc(C(C)(C)C)c1. The van der Waals surface area contributed by atoms with Gasteiger partial charge in [0.25, 0.3) is 5.91 Å². The molecule has 26 heavy (non-hydrogen) atoms. The minimum Gasteiger partial charge on any atom is -0.484 e. The second-order valence-electron chi connectivity index (χ2n) is 7.23. The van der Waals surface area contributed by atoms with Crippen molar-refractivity contribution in [2.75, 3.05) is 25.5 Å². The molecule has 0 spiro atoms. The summed E-state index contributed by atoms with van der Waals surface area (Å²) in [5.74, 6) is 0.143. The van der Waals surface area contributed by atoms with Crippen LogP contribution in [0.4, 0.5) is 5.69 Å². The number of carbonyl (C=O) groups is 2. The Bertz CT molecular complexity index is 751. The number of amides is 2. The van der Waals surface area contributed by atoms with Gasteiger partial charge in [-0.2, -0.15) is 0 Å². The molecule has 5 heteroatoms. The van der Waals surface area contributed by atoms with Gasteiger partial charge in [-0.25, -0.2) is 0 Å². The van der Waals surface area contributed by atoms with Gasteiger partial charge in [-0.05, 0) is 35.2 Å². The van der Waals surface area contributed by atoms with E-state index >= 15 is 0 Å². The van der Waals surface area contributed by atoms with Crippen LogP contribution in [0.25, 0.3) is 0 Å². The van der Waals surface area contributed by atoms with Crippen LogP contribution in [0.3, 0.4) is 0 Å². The summed E-state index contributed by atoms with van der Waals surface area (Å²) in [4.78, 5) is 25.6. The predicted octanol–water partition coefficient (Wildman–Crippen LogP) is 3.46. The maximum absolute atomic E-state index is 12.2. The number of hydrogen-bond acceptors (Lipinski definition) is 3. The van der Waals surface area contributed by atoms with Crippen molar-refractivity contribution in [2.24, 2.45) is 0 Å². The Morgan fingerprint density at radius 1 is 1.04 bits per heavy atom. The van der Waals surface area contributed by atoms with Crippen molar-refractivity contribution in [2.45, 2.75) is 26.2 Å². The molecule has 2 aromatic carbocycles. The van der Waals surface area contributed by atoms with Gasteiger partial charge in [-0.3, -0.25) is 9.59 Å². The van der Waals surface area contributed by atoms with E-state index in [-0.39, 0.29) is 30.4 Å². The minimum atomic E-state index is -0.255. The Hall–Kier alpha value is -2.82. The predicted molar refractivity (Wildman–Crippen MR) is 103 cm³/mol. The summed E-state index contributed by atoms with van der Waals surface area (Å²) >= 11 is 0. The third-order valence-corrected chi connectivity index (χ3v) is 3.93. The highest BCUT2D eigenvalue weighted by Gasteiger charge is 2.16. The Labute approximate surface area is 155 Å². The standard InChI is InChI=1S/C21H26N2O3/c1-21(2,3)16-9-8-12-18(13-16)26-15-20(25)23(4)14-19(24)22-17-10-6-5-7-11-17/h5-13H,14-15H2,1-4H3,(H,22,24). The van der Waals surface area contributed by atoms with E-state index in [9.17, 15) is 9.59 Å². The molecule has 0 aromatic heterocycles. The van der Waals surface area contributed by atoms with Crippen LogP contribution in [0.1, 0.15) is 26.3 Å². The van der Waals surface area contributed by atoms with Crippen molar-refractivity contribution in [1.29, 1.82) is 0 Å². The molecule has 138 valence electrons. The van der Waals surface area contributed by atoms with E-state index in [0.29, 0.717) is 11.4 Å². The second kappa shape index (κ2) is 8.52. The zero-order valence-corrected chi connectivity index (χ0v) is 15.8. The highest BCUT2D eigenvalue weighted by atomic mass is 16.5. The number of para-hydroxylation sites is 1. The maximum Gasteiger partial charge on any atom is 0.260 e. The fraction of sp³-hybridized carbons (Fsp3) is 0.333. The molecule has 0 aliphatic carbocycles. The Balaban J connectivity index is 1.84. The van der Waals surface area contributed by atoms with Crippen molar-refractivity contribution >= 4 is 17.5 Å². The number of likely N-dealkylation sites (N-methyl/N-ethyl adjacent to an activating group) is 1. The lowest BCUT2D eigenvalue weighted by Gasteiger charge is -2.20. The fourth-order valence-electron chi connectivity index (χ4n) is 2.33. The van der Waals surface area contributed by atoms with Crippen molar-refractivity contribution in [3.05, 3.63) is 60.2 Å². The molecule has 0 bridgehead atoms. The summed E-state index contributed by atoms with van der Waals surface area (Å²) in [6.07, 6.45) is 0. The van der Waals surface area contributed by atoms with Gasteiger partial charge < -0.3 is 15.0 Å². The molecular formula is C21H26N2O3. The van der Waals surface area contributed by atoms with E-state index < -0.39 is 0 Å². The maximum atomic E-state index is 12.2. The summed E-state index contributed by atoms with van der Waals surface area (Å²) in [7, 11) is 1.59. The number of ether oxygens (including phenoxy) is 1. The smallest absolute Gasteiger partial charge is 0.260 e. The summed E-state index contributed by atoms with van der Waals surface area (Å²) in [5, 5.41) is 2.75. The van der Waals surface area contributed by atoms with E-state index in [0.717, 1.165) is 5.56 Å². The van der Waals surface area contributed by atoms with Gasteiger partial charge in [0.05, 0.1) is 6.54 Å². The number of nitrogens with one attached hydrogen (secondary N) is 1. The van der Waals surface area contributed by atoms with E-state index in [4.69, 9.17) is 4.74 Å². The average molecular weight is 354 g/mol. The third-order valence-electron chi connectivity index (χ3n) is 3.93. The number of rotatable bonds is 6. The van der Waals surface area contributed by atoms with Crippen molar-refractivity contribution in [1.82, 2.24) is 4.90 Å². The van der Waals surface area contributed by atoms with Crippen LogP contribution in [0.2, 0.25) is 0 Å². The number of benzene rings is 2. The first-order valence-corrected chi connectivity index (χ1v) is 8.58. The molecule has 2 rings (SSSR count). The van der Waals surface area contributed by atoms with Crippen molar-refractivity contribution < 1.29 is 14.3 Å². The topological polar surface area (TPSA) is 58.6 Å². The number of nitrogens with zero attached hydrogens (tertiary/aromatic N) is 1. The molecule has 0 saturated heterocycles. The lowest BCUT2D eigenvalue weighted by molar-refractivity contribution is -0.135. The first-order valence-electron chi connectivity index (χ1n) is 8.58. The van der Waals surface area contributed by atoms with E-state index in [1.807, 2.05) is 42.5 Å². The van der Waals surface area contributed by atoms with Crippen molar-refractivity contribution in [3.8, 4) is 5.75 Å². The molecular weight excluding hydrogens is 328 g/mol. The zero-order valence-electron chi connectivity index (χ0n) is 15.8. The number of carbonyl (C=O) groups excluding carboxylic acids is 2. The van der Waals surface area contributed by atoms with Crippen LogP contribution in [-0.2, 0) is 15.0 Å². The zero-order chi connectivity index (χ0) is 19.2. The molecule has 0 aliphatic rings. The summed E-state index contributed by atoms with van der Waals surface area (Å²) in [5.41, 5.74) is 1.85. The van der Waals surface area contributed by atoms with Crippen molar-refractivity contribution in [3.63, 3.8) is 0 Å². The van der Waals surface area contributed by atoms with Gasteiger partial charge >= 0.3 is 0 Å². The molecule has 0 aliphatic heterocycles. The highest BCUT2D eigenvalue weighted by molar-refractivity contribution is 5.94. The Kier molecular flexibility index (Phi) is 6.39. The number of hydrogen-bond donors (Lipinski definition) is 1. The first-order chi connectivity index (χ1) is 12.3. The highest BCUT2D eigenvalue weighted by Crippen LogP contribution is 2.25. The molecule has 0 unspecified atom stereocenters. The molecule has 5 nitrogen and oxygen atoms in total. The normalized spacial score (nSPS) is 10.9. The Morgan fingerprint density at radius 3 is 2.38 bits per heavy atom. The van der Waals surface area contributed by atoms with Gasteiger partial charge in [0.2, 0.25) is 5.91 Å². The molecule has 0 heterocycles. The summed E-state index contributed by atoms with van der Waals surface area (Å²) in [6, 6.07) is 16.9. The number of anilines is 1. The third kappa shape index (κ3) is 5.92. The summed E-state index contributed by atoms with van der Waals surface area (Å²) < 4.78 is 5.60. The lowest BCUT2D eigenvalue weighted by atomic mass is 9.87. The van der Waals surface area contributed by atoms with E-state index in [1.165, 1.54) is 4.90 Å². The molecule has 0 saturated carbocycles. The monoisotopic (exact) mass is 354 g/mol. The summed E-state index contributed by atoms with van der Waals surface area (Å²) in [6.45, 7) is 6.23. The molecule has 2 amide bonds. The van der Waals surface area contributed by atoms with Crippen LogP contribution >= 0.6 is 0 Å². The molecule has 2 aromatic rings. The Morgan fingerprint density at radius 2 is 1.73 bits per heavy atom. The first kappa shape index (κ1) is 19.5. The van der Waals surface area contributed by atoms with Crippen LogP contribution in [0, 0.1) is 0 Å². The molecule has 0 atom stereocenters. The van der Waals surface area contributed by atoms with Crippen LogP contribution in [-0.4, -0.2) is 36.9 Å². The van der Waals surface area contributed by atoms with Crippen LogP contribution < -0.4 is 10.1 Å². The molecule has 0 fully saturated rings. The largest absolute Gasteiger partial charge is 0.484 e. The molecule has 1 N–H and O–H groups in total. The van der Waals surface area contributed by atoms with E-state index in [2.05, 4.69) is 26.1 Å². The van der Waals surface area contributed by atoms with Gasteiger partial charge in [0, 0.05) is 12.7 Å². The molecule has 0 radical (unpaired) electrons.